The van der Waals surface area contributed by atoms with Crippen LogP contribution in [-0.4, -0.2) is 6.98 Å². The molecule has 0 heterocycles. The third kappa shape index (κ3) is 0.982. The molecule has 0 spiro atoms. The summed E-state index contributed by atoms with van der Waals surface area (Å²) < 4.78 is 34.7. The maximum Gasteiger partial charge on any atom is 0.481 e. The molecule has 0 nitrogen and oxygen atoms in total. The van der Waals surface area contributed by atoms with Crippen molar-refractivity contribution in [2.75, 3.05) is 0 Å². The second-order valence-electron chi connectivity index (χ2n) is 2.50. The molecule has 0 amide bonds. The molecule has 0 radical (unpaired) electrons. The lowest BCUT2D eigenvalue weighted by Gasteiger charge is -2.10. The average molecular weight is 123 g/mol. The van der Waals surface area contributed by atoms with E-state index in [4.69, 9.17) is 0 Å². The Balaban J connectivity index is 2.39. The molecule has 1 fully saturated rings. The van der Waals surface area contributed by atoms with Crippen LogP contribution in [0.1, 0.15) is 13.3 Å². The summed E-state index contributed by atoms with van der Waals surface area (Å²) in [6, 6.07) is 0. The minimum absolute atomic E-state index is 0.0880. The van der Waals surface area contributed by atoms with Gasteiger partial charge in [-0.3, -0.25) is 0 Å². The van der Waals surface area contributed by atoms with Crippen molar-refractivity contribution in [3.05, 3.63) is 0 Å². The van der Waals surface area contributed by atoms with Gasteiger partial charge < -0.3 is 12.9 Å². The summed E-state index contributed by atoms with van der Waals surface area (Å²) in [7, 11) is 0. The molecule has 0 saturated heterocycles. The van der Waals surface area contributed by atoms with Gasteiger partial charge in [0.15, 0.2) is 0 Å². The van der Waals surface area contributed by atoms with E-state index in [9.17, 15) is 12.9 Å². The van der Waals surface area contributed by atoms with E-state index in [1.54, 1.807) is 6.92 Å². The van der Waals surface area contributed by atoms with Gasteiger partial charge in [-0.1, -0.05) is 25.1 Å². The fraction of sp³-hybridized carbons (Fsp3) is 1.00. The Bertz CT molecular complexity index is 97.9. The standard InChI is InChI=1S/C4H7BF3/c1-3-2-4(3)5(6,7)8/h3-4H,2H2,1H3/q-1. The molecule has 0 aromatic heterocycles. The molecule has 4 heteroatoms. The molecule has 2 atom stereocenters. The molecule has 0 bridgehead atoms. The van der Waals surface area contributed by atoms with Crippen LogP contribution in [0.3, 0.4) is 0 Å². The topological polar surface area (TPSA) is 0 Å². The summed E-state index contributed by atoms with van der Waals surface area (Å²) in [4.78, 5) is 0. The first kappa shape index (κ1) is 5.98. The molecule has 0 aromatic rings. The Morgan fingerprint density at radius 2 is 1.75 bits per heavy atom. The Morgan fingerprint density at radius 1 is 1.38 bits per heavy atom. The molecular formula is C4H7BF3-. The molecule has 8 heavy (non-hydrogen) atoms. The van der Waals surface area contributed by atoms with Gasteiger partial charge in [0.2, 0.25) is 0 Å². The van der Waals surface area contributed by atoms with Crippen molar-refractivity contribution in [2.45, 2.75) is 19.2 Å². The second kappa shape index (κ2) is 1.42. The normalized spacial score (nSPS) is 37.5. The molecule has 1 aliphatic rings. The zero-order valence-electron chi connectivity index (χ0n) is 4.57. The summed E-state index contributed by atoms with van der Waals surface area (Å²) in [6.07, 6.45) is 0.365. The van der Waals surface area contributed by atoms with E-state index >= 15 is 0 Å². The van der Waals surface area contributed by atoms with Gasteiger partial charge in [0.25, 0.3) is 0 Å². The summed E-state index contributed by atoms with van der Waals surface area (Å²) in [5.74, 6) is -1.01. The molecular weight excluding hydrogens is 116 g/mol. The fourth-order valence-electron chi connectivity index (χ4n) is 0.878. The third-order valence-corrected chi connectivity index (χ3v) is 1.66. The smallest absolute Gasteiger partial charge is 0.449 e. The fourth-order valence-corrected chi connectivity index (χ4v) is 0.878. The van der Waals surface area contributed by atoms with Crippen molar-refractivity contribution in [1.82, 2.24) is 0 Å². The average Bonchev–Trinajstić information content (AvgIpc) is 2.13. The lowest BCUT2D eigenvalue weighted by molar-refractivity contribution is 0.461. The van der Waals surface area contributed by atoms with Crippen molar-refractivity contribution >= 4 is 6.98 Å². The monoisotopic (exact) mass is 123 g/mol. The van der Waals surface area contributed by atoms with E-state index in [1.165, 1.54) is 0 Å². The third-order valence-electron chi connectivity index (χ3n) is 1.66. The minimum atomic E-state index is -4.49. The van der Waals surface area contributed by atoms with Gasteiger partial charge in [-0.25, -0.2) is 0 Å². The van der Waals surface area contributed by atoms with Crippen LogP contribution in [-0.2, 0) is 0 Å². The van der Waals surface area contributed by atoms with Gasteiger partial charge in [0.05, 0.1) is 0 Å². The van der Waals surface area contributed by atoms with Gasteiger partial charge >= 0.3 is 6.98 Å². The van der Waals surface area contributed by atoms with Crippen LogP contribution in [0.5, 0.6) is 0 Å². The number of hydrogen-bond acceptors (Lipinski definition) is 0. The van der Waals surface area contributed by atoms with Crippen molar-refractivity contribution in [2.24, 2.45) is 5.92 Å². The maximum absolute atomic E-state index is 11.6. The van der Waals surface area contributed by atoms with Gasteiger partial charge in [-0.05, 0) is 0 Å². The van der Waals surface area contributed by atoms with Gasteiger partial charge in [0, 0.05) is 0 Å². The lowest BCUT2D eigenvalue weighted by Crippen LogP contribution is -2.15. The molecule has 2 unspecified atom stereocenters. The van der Waals surface area contributed by atoms with E-state index in [1.807, 2.05) is 0 Å². The van der Waals surface area contributed by atoms with Crippen molar-refractivity contribution in [1.29, 1.82) is 0 Å². The molecule has 1 rings (SSSR count). The lowest BCUT2D eigenvalue weighted by atomic mass is 9.82. The largest absolute Gasteiger partial charge is 0.481 e. The first-order valence-corrected chi connectivity index (χ1v) is 2.72. The van der Waals surface area contributed by atoms with E-state index in [2.05, 4.69) is 0 Å². The first-order valence-electron chi connectivity index (χ1n) is 2.72. The zero-order chi connectivity index (χ0) is 6.36. The van der Waals surface area contributed by atoms with Crippen LogP contribution in [0.25, 0.3) is 0 Å². The van der Waals surface area contributed by atoms with E-state index < -0.39 is 12.8 Å². The van der Waals surface area contributed by atoms with E-state index in [-0.39, 0.29) is 5.92 Å². The van der Waals surface area contributed by atoms with Gasteiger partial charge in [0.1, 0.15) is 0 Å². The summed E-state index contributed by atoms with van der Waals surface area (Å²) in [5, 5.41) is 0. The number of hydrogen-bond donors (Lipinski definition) is 0. The Kier molecular flexibility index (Phi) is 1.06. The van der Waals surface area contributed by atoms with Crippen LogP contribution in [0.15, 0.2) is 0 Å². The van der Waals surface area contributed by atoms with Crippen molar-refractivity contribution < 1.29 is 12.9 Å². The van der Waals surface area contributed by atoms with Crippen molar-refractivity contribution in [3.63, 3.8) is 0 Å². The molecule has 0 N–H and O–H groups in total. The minimum Gasteiger partial charge on any atom is -0.449 e. The summed E-state index contributed by atoms with van der Waals surface area (Å²) in [6.45, 7) is -2.85. The Morgan fingerprint density at radius 3 is 1.75 bits per heavy atom. The van der Waals surface area contributed by atoms with Crippen LogP contribution in [0.4, 0.5) is 12.9 Å². The summed E-state index contributed by atoms with van der Waals surface area (Å²) >= 11 is 0. The highest BCUT2D eigenvalue weighted by molar-refractivity contribution is 6.61. The molecule has 0 aromatic carbocycles. The number of rotatable bonds is 1. The van der Waals surface area contributed by atoms with Crippen LogP contribution in [0, 0.1) is 5.92 Å². The Labute approximate surface area is 46.1 Å². The maximum atomic E-state index is 11.6. The molecule has 1 aliphatic carbocycles. The van der Waals surface area contributed by atoms with Crippen LogP contribution >= 0.6 is 0 Å². The highest BCUT2D eigenvalue weighted by Gasteiger charge is 2.47. The quantitative estimate of drug-likeness (QED) is 0.469. The molecule has 48 valence electrons. The van der Waals surface area contributed by atoms with Crippen molar-refractivity contribution in [3.8, 4) is 0 Å². The van der Waals surface area contributed by atoms with E-state index in [0.717, 1.165) is 0 Å². The molecule has 0 aliphatic heterocycles. The summed E-state index contributed by atoms with van der Waals surface area (Å²) in [5.41, 5.74) is 0. The molecule has 1 saturated carbocycles. The Hall–Kier alpha value is -0.145. The van der Waals surface area contributed by atoms with Gasteiger partial charge in [-0.15, -0.1) is 0 Å². The SMILES string of the molecule is CC1CC1[B-](F)(F)F. The predicted octanol–water partition coefficient (Wildman–Crippen LogP) is 2.24. The zero-order valence-corrected chi connectivity index (χ0v) is 4.57. The van der Waals surface area contributed by atoms with Crippen LogP contribution in [0.2, 0.25) is 5.82 Å². The highest BCUT2D eigenvalue weighted by Crippen LogP contribution is 2.52. The first-order chi connectivity index (χ1) is 3.52. The van der Waals surface area contributed by atoms with Gasteiger partial charge in [-0.2, -0.15) is 0 Å². The van der Waals surface area contributed by atoms with E-state index in [0.29, 0.717) is 6.42 Å². The predicted molar refractivity (Wildman–Crippen MR) is 26.6 cm³/mol. The highest BCUT2D eigenvalue weighted by atomic mass is 19.4. The number of halogens is 3. The second-order valence-corrected chi connectivity index (χ2v) is 2.50. The van der Waals surface area contributed by atoms with Crippen LogP contribution < -0.4 is 0 Å².